The summed E-state index contributed by atoms with van der Waals surface area (Å²) in [6, 6.07) is 16.1. The average molecular weight is 364 g/mol. The summed E-state index contributed by atoms with van der Waals surface area (Å²) < 4.78 is 0. The Bertz CT molecular complexity index is 815. The highest BCUT2D eigenvalue weighted by molar-refractivity contribution is 5.95. The second-order valence-corrected chi connectivity index (χ2v) is 7.70. The first kappa shape index (κ1) is 18.2. The quantitative estimate of drug-likeness (QED) is 0.905. The summed E-state index contributed by atoms with van der Waals surface area (Å²) >= 11 is 0. The topological polar surface area (TPSA) is 35.6 Å². The van der Waals surface area contributed by atoms with Crippen molar-refractivity contribution >= 4 is 11.6 Å². The fourth-order valence-corrected chi connectivity index (χ4v) is 4.28. The zero-order valence-electron chi connectivity index (χ0n) is 16.4. The Kier molecular flexibility index (Phi) is 5.28. The van der Waals surface area contributed by atoms with E-state index in [0.29, 0.717) is 12.5 Å². The number of aryl methyl sites for hydroxylation is 2. The van der Waals surface area contributed by atoms with Crippen LogP contribution in [0.3, 0.4) is 0 Å². The van der Waals surface area contributed by atoms with E-state index in [1.165, 1.54) is 22.3 Å². The van der Waals surface area contributed by atoms with Crippen molar-refractivity contribution in [2.45, 2.75) is 38.8 Å². The third-order valence-corrected chi connectivity index (χ3v) is 6.00. The number of nitrogens with zero attached hydrogens (tertiary/aromatic N) is 2. The number of piperazine rings is 1. The van der Waals surface area contributed by atoms with E-state index in [0.717, 1.165) is 44.7 Å². The number of nitrogens with one attached hydrogen (secondary N) is 1. The summed E-state index contributed by atoms with van der Waals surface area (Å²) in [4.78, 5) is 16.3. The van der Waals surface area contributed by atoms with Gasteiger partial charge in [0.15, 0.2) is 0 Å². The molecule has 4 rings (SSSR count). The fourth-order valence-electron chi connectivity index (χ4n) is 4.28. The number of amides is 1. The van der Waals surface area contributed by atoms with Crippen LogP contribution >= 0.6 is 0 Å². The van der Waals surface area contributed by atoms with Gasteiger partial charge < -0.3 is 10.2 Å². The maximum atomic E-state index is 11.9. The van der Waals surface area contributed by atoms with Crippen LogP contribution in [-0.4, -0.2) is 37.5 Å². The van der Waals surface area contributed by atoms with Gasteiger partial charge in [-0.1, -0.05) is 43.3 Å². The monoisotopic (exact) mass is 363 g/mol. The van der Waals surface area contributed by atoms with E-state index in [9.17, 15) is 4.79 Å². The molecule has 2 aromatic rings. The molecule has 2 aromatic carbocycles. The lowest BCUT2D eigenvalue weighted by atomic mass is 9.97. The third kappa shape index (κ3) is 3.78. The molecular weight excluding hydrogens is 334 g/mol. The van der Waals surface area contributed by atoms with Gasteiger partial charge in [0.2, 0.25) is 5.91 Å². The molecule has 1 saturated heterocycles. The van der Waals surface area contributed by atoms with Crippen molar-refractivity contribution < 1.29 is 4.79 Å². The number of fused-ring (bicyclic) bond motifs is 1. The van der Waals surface area contributed by atoms with Gasteiger partial charge in [-0.25, -0.2) is 0 Å². The van der Waals surface area contributed by atoms with Gasteiger partial charge in [-0.2, -0.15) is 0 Å². The molecule has 2 heterocycles. The van der Waals surface area contributed by atoms with Gasteiger partial charge in [0, 0.05) is 51.4 Å². The van der Waals surface area contributed by atoms with Crippen molar-refractivity contribution in [3.63, 3.8) is 0 Å². The number of anilines is 1. The molecule has 0 spiro atoms. The second-order valence-electron chi connectivity index (χ2n) is 7.70. The Balaban J connectivity index is 1.54. The van der Waals surface area contributed by atoms with Crippen molar-refractivity contribution in [3.05, 3.63) is 64.7 Å². The summed E-state index contributed by atoms with van der Waals surface area (Å²) in [5.74, 6) is 0.216. The molecule has 142 valence electrons. The second kappa shape index (κ2) is 7.83. The van der Waals surface area contributed by atoms with Gasteiger partial charge in [-0.05, 0) is 41.2 Å². The number of carbonyl (C=O) groups excluding carboxylic acids is 1. The number of rotatable bonds is 4. The minimum Gasteiger partial charge on any atom is -0.315 e. The van der Waals surface area contributed by atoms with Crippen LogP contribution in [-0.2, 0) is 24.2 Å². The van der Waals surface area contributed by atoms with Crippen molar-refractivity contribution in [1.82, 2.24) is 10.2 Å². The highest BCUT2D eigenvalue weighted by Crippen LogP contribution is 2.30. The zero-order valence-corrected chi connectivity index (χ0v) is 16.4. The van der Waals surface area contributed by atoms with Gasteiger partial charge in [-0.15, -0.1) is 0 Å². The Labute approximate surface area is 162 Å². The van der Waals surface area contributed by atoms with Crippen LogP contribution < -0.4 is 10.2 Å². The molecule has 1 amide bonds. The first-order valence-corrected chi connectivity index (χ1v) is 10.1. The molecule has 0 aliphatic carbocycles. The molecule has 27 heavy (non-hydrogen) atoms. The first-order chi connectivity index (χ1) is 13.2. The summed E-state index contributed by atoms with van der Waals surface area (Å²) in [5, 5.41) is 3.55. The highest BCUT2D eigenvalue weighted by Gasteiger charge is 2.25. The molecule has 2 aliphatic rings. The minimum absolute atomic E-state index is 0.216. The van der Waals surface area contributed by atoms with Gasteiger partial charge in [0.1, 0.15) is 0 Å². The molecule has 0 aromatic heterocycles. The van der Waals surface area contributed by atoms with E-state index in [1.54, 1.807) is 4.90 Å². The van der Waals surface area contributed by atoms with Crippen LogP contribution in [0.15, 0.2) is 42.5 Å². The lowest BCUT2D eigenvalue weighted by Gasteiger charge is -2.37. The normalized spacial score (nSPS) is 20.6. The van der Waals surface area contributed by atoms with Gasteiger partial charge in [-0.3, -0.25) is 9.69 Å². The van der Waals surface area contributed by atoms with Crippen LogP contribution in [0, 0.1) is 0 Å². The van der Waals surface area contributed by atoms with E-state index in [1.807, 2.05) is 7.05 Å². The molecule has 0 saturated carbocycles. The standard InChI is InChI=1S/C23H29N3O/c1-3-17-4-7-19(8-5-17)22-15-24-12-13-26(22)16-18-6-10-21-20(14-18)9-11-23(27)25(21)2/h4-8,10,14,22,24H,3,9,11-13,15-16H2,1-2H3. The molecule has 0 radical (unpaired) electrons. The van der Waals surface area contributed by atoms with E-state index >= 15 is 0 Å². The van der Waals surface area contributed by atoms with Crippen molar-refractivity contribution in [3.8, 4) is 0 Å². The Morgan fingerprint density at radius 3 is 2.63 bits per heavy atom. The molecule has 0 bridgehead atoms. The van der Waals surface area contributed by atoms with Crippen molar-refractivity contribution in [1.29, 1.82) is 0 Å². The molecular formula is C23H29N3O. The number of hydrogen-bond donors (Lipinski definition) is 1. The van der Waals surface area contributed by atoms with Crippen molar-refractivity contribution in [2.75, 3.05) is 31.6 Å². The predicted molar refractivity (Wildman–Crippen MR) is 110 cm³/mol. The van der Waals surface area contributed by atoms with Gasteiger partial charge >= 0.3 is 0 Å². The van der Waals surface area contributed by atoms with Gasteiger partial charge in [0.05, 0.1) is 0 Å². The maximum absolute atomic E-state index is 11.9. The van der Waals surface area contributed by atoms with Crippen LogP contribution in [0.1, 0.15) is 41.6 Å². The molecule has 1 unspecified atom stereocenters. The number of carbonyl (C=O) groups is 1. The van der Waals surface area contributed by atoms with Crippen LogP contribution in [0.2, 0.25) is 0 Å². The van der Waals surface area contributed by atoms with E-state index in [-0.39, 0.29) is 5.91 Å². The number of hydrogen-bond acceptors (Lipinski definition) is 3. The summed E-state index contributed by atoms with van der Waals surface area (Å²) in [7, 11) is 1.88. The molecule has 4 nitrogen and oxygen atoms in total. The Morgan fingerprint density at radius 1 is 1.07 bits per heavy atom. The van der Waals surface area contributed by atoms with E-state index < -0.39 is 0 Å². The van der Waals surface area contributed by atoms with Crippen LogP contribution in [0.5, 0.6) is 0 Å². The summed E-state index contributed by atoms with van der Waals surface area (Å²) in [5.41, 5.74) is 6.49. The molecule has 2 aliphatic heterocycles. The Hall–Kier alpha value is -2.17. The summed E-state index contributed by atoms with van der Waals surface area (Å²) in [6.07, 6.45) is 2.56. The molecule has 1 N–H and O–H groups in total. The third-order valence-electron chi connectivity index (χ3n) is 6.00. The summed E-state index contributed by atoms with van der Waals surface area (Å²) in [6.45, 7) is 6.23. The smallest absolute Gasteiger partial charge is 0.227 e. The number of benzene rings is 2. The molecule has 4 heteroatoms. The average Bonchev–Trinajstić information content (AvgIpc) is 2.71. The minimum atomic E-state index is 0.216. The SMILES string of the molecule is CCc1ccc(C2CNCCN2Cc2ccc3c(c2)CCC(=O)N3C)cc1. The zero-order chi connectivity index (χ0) is 18.8. The van der Waals surface area contributed by atoms with Crippen LogP contribution in [0.4, 0.5) is 5.69 Å². The fraction of sp³-hybridized carbons (Fsp3) is 0.435. The predicted octanol–water partition coefficient (Wildman–Crippen LogP) is 3.30. The lowest BCUT2D eigenvalue weighted by molar-refractivity contribution is -0.118. The maximum Gasteiger partial charge on any atom is 0.227 e. The van der Waals surface area contributed by atoms with E-state index in [2.05, 4.69) is 59.6 Å². The molecule has 1 atom stereocenters. The van der Waals surface area contributed by atoms with Gasteiger partial charge in [0.25, 0.3) is 0 Å². The largest absolute Gasteiger partial charge is 0.315 e. The molecule has 1 fully saturated rings. The highest BCUT2D eigenvalue weighted by atomic mass is 16.2. The van der Waals surface area contributed by atoms with E-state index in [4.69, 9.17) is 0 Å². The Morgan fingerprint density at radius 2 is 1.85 bits per heavy atom. The van der Waals surface area contributed by atoms with Crippen molar-refractivity contribution in [2.24, 2.45) is 0 Å². The lowest BCUT2D eigenvalue weighted by Crippen LogP contribution is -2.45. The van der Waals surface area contributed by atoms with Crippen LogP contribution in [0.25, 0.3) is 0 Å². The first-order valence-electron chi connectivity index (χ1n) is 10.1.